The lowest BCUT2D eigenvalue weighted by molar-refractivity contribution is 0.810. The smallest absolute Gasteiger partial charge is 0.0619 e. The predicted octanol–water partition coefficient (Wildman–Crippen LogP) is 16.9. The minimum Gasteiger partial charge on any atom is -0.0619 e. The molecule has 0 amide bonds. The molecule has 0 aromatic heterocycles. The second-order valence-corrected chi connectivity index (χ2v) is 17.8. The lowest BCUT2D eigenvalue weighted by Crippen LogP contribution is -2.26. The van der Waals surface area contributed by atoms with Gasteiger partial charge in [-0.25, -0.2) is 0 Å². The van der Waals surface area contributed by atoms with Crippen molar-refractivity contribution in [3.05, 3.63) is 241 Å². The Kier molecular flexibility index (Phi) is 6.44. The van der Waals surface area contributed by atoms with Crippen LogP contribution in [0.3, 0.4) is 0 Å². The summed E-state index contributed by atoms with van der Waals surface area (Å²) in [6.07, 6.45) is 0. The molecule has 2 aliphatic carbocycles. The summed E-state index contributed by atoms with van der Waals surface area (Å²) in [6, 6.07) is 82.8. The number of hydrogen-bond acceptors (Lipinski definition) is 0. The molecule has 0 bridgehead atoms. The molecule has 0 nitrogen and oxygen atoms in total. The topological polar surface area (TPSA) is 0 Å². The van der Waals surface area contributed by atoms with Gasteiger partial charge in [-0.3, -0.25) is 0 Å². The van der Waals surface area contributed by atoms with E-state index in [0.717, 1.165) is 0 Å². The maximum atomic E-state index is 2.48. The fraction of sp³-hybridized carbons (Fsp3) is 0.0159. The van der Waals surface area contributed by atoms with Crippen LogP contribution in [0.2, 0.25) is 0 Å². The van der Waals surface area contributed by atoms with Gasteiger partial charge in [-0.05, 0) is 148 Å². The van der Waals surface area contributed by atoms with E-state index in [9.17, 15) is 0 Å². The van der Waals surface area contributed by atoms with Gasteiger partial charge in [-0.15, -0.1) is 0 Å². The van der Waals surface area contributed by atoms with Gasteiger partial charge < -0.3 is 0 Å². The van der Waals surface area contributed by atoms with Gasteiger partial charge >= 0.3 is 0 Å². The van der Waals surface area contributed by atoms with E-state index in [1.807, 2.05) is 0 Å². The highest BCUT2D eigenvalue weighted by molar-refractivity contribution is 6.28. The summed E-state index contributed by atoms with van der Waals surface area (Å²) in [6.45, 7) is 0. The molecule has 1 spiro atoms. The van der Waals surface area contributed by atoms with Crippen molar-refractivity contribution in [1.82, 2.24) is 0 Å². The van der Waals surface area contributed by atoms with Crippen molar-refractivity contribution in [2.75, 3.05) is 0 Å². The predicted molar refractivity (Wildman–Crippen MR) is 267 cm³/mol. The molecule has 0 aliphatic heterocycles. The molecule has 0 saturated heterocycles. The van der Waals surface area contributed by atoms with Crippen molar-refractivity contribution in [3.8, 4) is 44.5 Å². The van der Waals surface area contributed by atoms with Gasteiger partial charge in [-0.1, -0.05) is 212 Å². The van der Waals surface area contributed by atoms with Gasteiger partial charge in [0.05, 0.1) is 5.41 Å². The van der Waals surface area contributed by atoms with Gasteiger partial charge in [0.25, 0.3) is 0 Å². The van der Waals surface area contributed by atoms with Crippen LogP contribution in [0.4, 0.5) is 0 Å². The first kappa shape index (κ1) is 33.6. The largest absolute Gasteiger partial charge is 0.0738 e. The fourth-order valence-corrected chi connectivity index (χ4v) is 12.5. The van der Waals surface area contributed by atoms with Crippen LogP contribution < -0.4 is 0 Å². The first-order valence-electron chi connectivity index (χ1n) is 22.2. The third-order valence-electron chi connectivity index (χ3n) is 15.0. The minimum absolute atomic E-state index is 0.520. The van der Waals surface area contributed by atoms with E-state index in [2.05, 4.69) is 218 Å². The first-order valence-corrected chi connectivity index (χ1v) is 22.2. The molecular formula is C63H36. The van der Waals surface area contributed by atoms with Crippen LogP contribution in [-0.2, 0) is 5.41 Å². The fourth-order valence-electron chi connectivity index (χ4n) is 12.5. The average Bonchev–Trinajstić information content (AvgIpc) is 3.84. The quantitative estimate of drug-likeness (QED) is 0.153. The Bertz CT molecular complexity index is 4070. The van der Waals surface area contributed by atoms with E-state index in [0.29, 0.717) is 0 Å². The third kappa shape index (κ3) is 4.16. The molecule has 13 aromatic rings. The Morgan fingerprint density at radius 2 is 0.683 bits per heavy atom. The van der Waals surface area contributed by atoms with E-state index in [-0.39, 0.29) is 0 Å². The van der Waals surface area contributed by atoms with Crippen LogP contribution in [0.25, 0.3) is 120 Å². The van der Waals surface area contributed by atoms with Crippen LogP contribution in [-0.4, -0.2) is 0 Å². The van der Waals surface area contributed by atoms with Gasteiger partial charge in [0.15, 0.2) is 0 Å². The van der Waals surface area contributed by atoms with Gasteiger partial charge in [-0.2, -0.15) is 0 Å². The summed E-state index contributed by atoms with van der Waals surface area (Å²) in [5.74, 6) is 0. The van der Waals surface area contributed by atoms with Gasteiger partial charge in [0.2, 0.25) is 0 Å². The maximum Gasteiger partial charge on any atom is 0.0738 e. The van der Waals surface area contributed by atoms with Crippen molar-refractivity contribution in [3.63, 3.8) is 0 Å². The molecule has 15 rings (SSSR count). The SMILES string of the molecule is c1ccc2c(c1)-c1ccccc1C21c2c(c3ccccc3c3ccccc23)-c2c1c1ccc(-c3ccc(-c4ccc5ccc6cccc7ccc4c5c67)cc3)cc1c1ccccc21. The van der Waals surface area contributed by atoms with Crippen molar-refractivity contribution in [2.45, 2.75) is 5.41 Å². The lowest BCUT2D eigenvalue weighted by atomic mass is 9.68. The summed E-state index contributed by atoms with van der Waals surface area (Å²) in [5, 5.41) is 18.4. The average molecular weight is 793 g/mol. The zero-order valence-electron chi connectivity index (χ0n) is 34.3. The van der Waals surface area contributed by atoms with E-state index in [1.165, 1.54) is 142 Å². The van der Waals surface area contributed by atoms with Crippen LogP contribution in [0.15, 0.2) is 218 Å². The Morgan fingerprint density at radius 1 is 0.238 bits per heavy atom. The molecule has 2 aliphatic rings. The molecule has 0 saturated carbocycles. The van der Waals surface area contributed by atoms with E-state index in [4.69, 9.17) is 0 Å². The summed E-state index contributed by atoms with van der Waals surface area (Å²) in [5.41, 5.74) is 15.4. The number of rotatable bonds is 2. The second-order valence-electron chi connectivity index (χ2n) is 17.8. The van der Waals surface area contributed by atoms with E-state index >= 15 is 0 Å². The van der Waals surface area contributed by atoms with Gasteiger partial charge in [0, 0.05) is 0 Å². The monoisotopic (exact) mass is 792 g/mol. The molecule has 0 heterocycles. The highest BCUT2D eigenvalue weighted by atomic mass is 14.5. The summed E-state index contributed by atoms with van der Waals surface area (Å²) in [7, 11) is 0. The van der Waals surface area contributed by atoms with Crippen molar-refractivity contribution >= 4 is 75.4 Å². The molecule has 288 valence electrons. The molecular weight excluding hydrogens is 757 g/mol. The number of hydrogen-bond donors (Lipinski definition) is 0. The molecule has 0 fully saturated rings. The molecule has 0 unspecified atom stereocenters. The third-order valence-corrected chi connectivity index (χ3v) is 15.0. The second kappa shape index (κ2) is 12.1. The Hall–Kier alpha value is -8.06. The Morgan fingerprint density at radius 3 is 1.33 bits per heavy atom. The summed E-state index contributed by atoms with van der Waals surface area (Å²) in [4.78, 5) is 0. The van der Waals surface area contributed by atoms with Crippen LogP contribution >= 0.6 is 0 Å². The zero-order chi connectivity index (χ0) is 41.0. The molecule has 0 atom stereocenters. The first-order chi connectivity index (χ1) is 31.3. The standard InChI is InChI=1S/C63H36/c1-4-19-49-44(14-1)45-15-3-6-21-52(45)61-59(49)60-50-20-5-2-16-46(50)54-36-42(32-35-53(54)62(60)63(61)55-22-9-7-17-47(55)48-18-8-10-23-56(48)63)37-24-26-38(27-25-37)43-33-30-41-29-28-39-12-11-13-40-31-34-51(43)58(41)57(39)40/h1-36H. The maximum absolute atomic E-state index is 2.48. The van der Waals surface area contributed by atoms with Crippen molar-refractivity contribution in [1.29, 1.82) is 0 Å². The molecule has 0 heteroatoms. The lowest BCUT2D eigenvalue weighted by Gasteiger charge is -2.33. The van der Waals surface area contributed by atoms with Crippen molar-refractivity contribution < 1.29 is 0 Å². The van der Waals surface area contributed by atoms with Crippen LogP contribution in [0.5, 0.6) is 0 Å². The highest BCUT2D eigenvalue weighted by Gasteiger charge is 2.54. The van der Waals surface area contributed by atoms with Crippen LogP contribution in [0, 0.1) is 0 Å². The van der Waals surface area contributed by atoms with E-state index in [1.54, 1.807) is 0 Å². The highest BCUT2D eigenvalue weighted by Crippen LogP contribution is 2.68. The van der Waals surface area contributed by atoms with Gasteiger partial charge in [0.1, 0.15) is 0 Å². The minimum atomic E-state index is -0.520. The Balaban J connectivity index is 1.00. The molecule has 0 N–H and O–H groups in total. The summed E-state index contributed by atoms with van der Waals surface area (Å²) < 4.78 is 0. The molecule has 0 radical (unpaired) electrons. The van der Waals surface area contributed by atoms with Crippen molar-refractivity contribution in [2.24, 2.45) is 0 Å². The molecule has 13 aromatic carbocycles. The normalized spacial score (nSPS) is 13.5. The van der Waals surface area contributed by atoms with Crippen LogP contribution in [0.1, 0.15) is 22.3 Å². The van der Waals surface area contributed by atoms with E-state index < -0.39 is 5.41 Å². The number of benzene rings is 13. The molecule has 63 heavy (non-hydrogen) atoms. The summed E-state index contributed by atoms with van der Waals surface area (Å²) >= 11 is 0. The zero-order valence-corrected chi connectivity index (χ0v) is 34.3. The number of fused-ring (bicyclic) bond motifs is 20. The Labute approximate surface area is 364 Å².